The van der Waals surface area contributed by atoms with E-state index < -0.39 is 0 Å². The third kappa shape index (κ3) is 6.76. The molecule has 0 unspecified atom stereocenters. The van der Waals surface area contributed by atoms with Crippen LogP contribution < -0.4 is 11.1 Å². The maximum absolute atomic E-state index is 5.88. The number of ether oxygens (including phenoxy) is 1. The minimum atomic E-state index is 0. The van der Waals surface area contributed by atoms with Gasteiger partial charge >= 0.3 is 0 Å². The Morgan fingerprint density at radius 1 is 1.27 bits per heavy atom. The number of thiophene rings is 1. The van der Waals surface area contributed by atoms with Crippen molar-refractivity contribution in [3.63, 3.8) is 0 Å². The van der Waals surface area contributed by atoms with E-state index in [1.165, 1.54) is 4.88 Å². The average molecular weight is 431 g/mol. The molecule has 1 heterocycles. The van der Waals surface area contributed by atoms with E-state index in [1.54, 1.807) is 18.4 Å². The van der Waals surface area contributed by atoms with Crippen molar-refractivity contribution in [2.75, 3.05) is 13.7 Å². The Morgan fingerprint density at radius 3 is 2.82 bits per heavy atom. The fourth-order valence-electron chi connectivity index (χ4n) is 1.99. The Hall–Kier alpha value is -1.12. The van der Waals surface area contributed by atoms with Crippen LogP contribution >= 0.6 is 35.3 Å². The Kier molecular flexibility index (Phi) is 9.10. The highest BCUT2D eigenvalue weighted by molar-refractivity contribution is 14.0. The monoisotopic (exact) mass is 431 g/mol. The van der Waals surface area contributed by atoms with Gasteiger partial charge in [-0.3, -0.25) is 0 Å². The fourth-order valence-corrected chi connectivity index (χ4v) is 2.69. The van der Waals surface area contributed by atoms with Gasteiger partial charge in [0, 0.05) is 18.5 Å². The smallest absolute Gasteiger partial charge is 0.188 e. The first-order chi connectivity index (χ1) is 10.3. The summed E-state index contributed by atoms with van der Waals surface area (Å²) in [5, 5.41) is 5.22. The number of nitrogens with two attached hydrogens (primary N) is 1. The Morgan fingerprint density at radius 2 is 2.09 bits per heavy atom. The number of methoxy groups -OCH3 is 1. The summed E-state index contributed by atoms with van der Waals surface area (Å²) >= 11 is 1.76. The van der Waals surface area contributed by atoms with Gasteiger partial charge in [0.15, 0.2) is 5.96 Å². The second-order valence-electron chi connectivity index (χ2n) is 4.71. The largest absolute Gasteiger partial charge is 0.380 e. The minimum Gasteiger partial charge on any atom is -0.380 e. The Labute approximate surface area is 152 Å². The molecule has 0 aliphatic carbocycles. The van der Waals surface area contributed by atoms with E-state index in [1.807, 2.05) is 18.2 Å². The molecule has 22 heavy (non-hydrogen) atoms. The summed E-state index contributed by atoms with van der Waals surface area (Å²) in [5.41, 5.74) is 8.15. The van der Waals surface area contributed by atoms with E-state index in [4.69, 9.17) is 10.5 Å². The van der Waals surface area contributed by atoms with E-state index in [2.05, 4.69) is 33.9 Å². The molecule has 6 heteroatoms. The van der Waals surface area contributed by atoms with Gasteiger partial charge in [-0.1, -0.05) is 30.3 Å². The first-order valence-electron chi connectivity index (χ1n) is 6.91. The molecule has 120 valence electrons. The Bertz CT molecular complexity index is 573. The molecule has 2 aromatic rings. The third-order valence-electron chi connectivity index (χ3n) is 2.99. The molecule has 0 amide bonds. The predicted molar refractivity (Wildman–Crippen MR) is 104 cm³/mol. The van der Waals surface area contributed by atoms with Crippen LogP contribution in [-0.4, -0.2) is 19.6 Å². The number of hydrogen-bond acceptors (Lipinski definition) is 3. The van der Waals surface area contributed by atoms with Crippen LogP contribution in [0.4, 0.5) is 0 Å². The molecule has 0 bridgehead atoms. The van der Waals surface area contributed by atoms with Crippen LogP contribution in [-0.2, 0) is 24.3 Å². The number of rotatable bonds is 7. The predicted octanol–water partition coefficient (Wildman–Crippen LogP) is 3.16. The summed E-state index contributed by atoms with van der Waals surface area (Å²) in [7, 11) is 1.69. The summed E-state index contributed by atoms with van der Waals surface area (Å²) < 4.78 is 5.13. The van der Waals surface area contributed by atoms with Crippen molar-refractivity contribution in [1.29, 1.82) is 0 Å². The molecule has 0 atom stereocenters. The molecule has 0 spiro atoms. The summed E-state index contributed by atoms with van der Waals surface area (Å²) in [6.07, 6.45) is 0.969. The number of nitrogens with one attached hydrogen (secondary N) is 1. The Balaban J connectivity index is 0.00000242. The van der Waals surface area contributed by atoms with Crippen LogP contribution in [0.2, 0.25) is 0 Å². The van der Waals surface area contributed by atoms with Crippen molar-refractivity contribution in [2.45, 2.75) is 19.6 Å². The summed E-state index contributed by atoms with van der Waals surface area (Å²) in [5.74, 6) is 0.490. The summed E-state index contributed by atoms with van der Waals surface area (Å²) in [4.78, 5) is 5.71. The van der Waals surface area contributed by atoms with Crippen molar-refractivity contribution in [1.82, 2.24) is 5.32 Å². The lowest BCUT2D eigenvalue weighted by Gasteiger charge is -2.06. The van der Waals surface area contributed by atoms with Gasteiger partial charge in [0.1, 0.15) is 0 Å². The van der Waals surface area contributed by atoms with E-state index in [0.717, 1.165) is 24.1 Å². The molecular formula is C16H22IN3OS. The van der Waals surface area contributed by atoms with Crippen LogP contribution in [0.25, 0.3) is 0 Å². The van der Waals surface area contributed by atoms with Crippen molar-refractivity contribution in [3.8, 4) is 0 Å². The highest BCUT2D eigenvalue weighted by Gasteiger charge is 1.97. The van der Waals surface area contributed by atoms with Gasteiger partial charge in [-0.2, -0.15) is 0 Å². The zero-order valence-corrected chi connectivity index (χ0v) is 15.8. The second-order valence-corrected chi connectivity index (χ2v) is 5.74. The standard InChI is InChI=1S/C16H21N3OS.HI/c1-20-12-14-5-2-4-13(10-14)11-19-16(17)18-8-7-15-6-3-9-21-15;/h2-6,9-10H,7-8,11-12H2,1H3,(H3,17,18,19);1H. The van der Waals surface area contributed by atoms with Crippen LogP contribution in [0.5, 0.6) is 0 Å². The van der Waals surface area contributed by atoms with Gasteiger partial charge in [0.2, 0.25) is 0 Å². The van der Waals surface area contributed by atoms with Crippen LogP contribution in [0.3, 0.4) is 0 Å². The quantitative estimate of drug-likeness (QED) is 0.402. The zero-order chi connectivity index (χ0) is 14.9. The maximum Gasteiger partial charge on any atom is 0.188 e. The molecule has 0 radical (unpaired) electrons. The lowest BCUT2D eigenvalue weighted by Crippen LogP contribution is -2.33. The molecule has 0 saturated carbocycles. The molecule has 0 aliphatic heterocycles. The molecule has 0 saturated heterocycles. The molecule has 0 aliphatic rings. The van der Waals surface area contributed by atoms with Crippen molar-refractivity contribution in [3.05, 3.63) is 57.8 Å². The average Bonchev–Trinajstić information content (AvgIpc) is 2.99. The van der Waals surface area contributed by atoms with E-state index in [-0.39, 0.29) is 24.0 Å². The first kappa shape index (κ1) is 18.9. The van der Waals surface area contributed by atoms with Crippen molar-refractivity contribution < 1.29 is 4.74 Å². The van der Waals surface area contributed by atoms with Crippen LogP contribution in [0, 0.1) is 0 Å². The first-order valence-corrected chi connectivity index (χ1v) is 7.79. The number of benzene rings is 1. The molecule has 2 rings (SSSR count). The fraction of sp³-hybridized carbons (Fsp3) is 0.312. The molecule has 1 aromatic heterocycles. The van der Waals surface area contributed by atoms with Crippen molar-refractivity contribution in [2.24, 2.45) is 10.7 Å². The van der Waals surface area contributed by atoms with Gasteiger partial charge in [0.25, 0.3) is 0 Å². The normalized spacial score (nSPS) is 11.0. The van der Waals surface area contributed by atoms with Gasteiger partial charge < -0.3 is 15.8 Å². The molecule has 4 nitrogen and oxygen atoms in total. The number of halogens is 1. The van der Waals surface area contributed by atoms with Gasteiger partial charge in [-0.25, -0.2) is 4.99 Å². The van der Waals surface area contributed by atoms with E-state index in [0.29, 0.717) is 19.1 Å². The van der Waals surface area contributed by atoms with Crippen molar-refractivity contribution >= 4 is 41.3 Å². The molecule has 3 N–H and O–H groups in total. The zero-order valence-electron chi connectivity index (χ0n) is 12.6. The molecule has 0 fully saturated rings. The number of guanidine groups is 1. The van der Waals surface area contributed by atoms with Gasteiger partial charge in [-0.15, -0.1) is 35.3 Å². The minimum absolute atomic E-state index is 0. The highest BCUT2D eigenvalue weighted by atomic mass is 127. The molecule has 1 aromatic carbocycles. The van der Waals surface area contributed by atoms with Gasteiger partial charge in [0.05, 0.1) is 13.2 Å². The number of hydrogen-bond donors (Lipinski definition) is 2. The molecular weight excluding hydrogens is 409 g/mol. The van der Waals surface area contributed by atoms with Crippen LogP contribution in [0.1, 0.15) is 16.0 Å². The second kappa shape index (κ2) is 10.6. The third-order valence-corrected chi connectivity index (χ3v) is 3.93. The topological polar surface area (TPSA) is 59.6 Å². The lowest BCUT2D eigenvalue weighted by atomic mass is 10.1. The van der Waals surface area contributed by atoms with E-state index >= 15 is 0 Å². The highest BCUT2D eigenvalue weighted by Crippen LogP contribution is 2.08. The van der Waals surface area contributed by atoms with Crippen LogP contribution in [0.15, 0.2) is 46.8 Å². The van der Waals surface area contributed by atoms with Gasteiger partial charge in [-0.05, 0) is 29.0 Å². The SMILES string of the molecule is COCc1cccc(CN=C(N)NCCc2cccs2)c1.I. The van der Waals surface area contributed by atoms with E-state index in [9.17, 15) is 0 Å². The maximum atomic E-state index is 5.88. The number of nitrogens with zero attached hydrogens (tertiary/aromatic N) is 1. The summed E-state index contributed by atoms with van der Waals surface area (Å²) in [6.45, 7) is 2.00. The number of aliphatic imine (C=N–C) groups is 1. The lowest BCUT2D eigenvalue weighted by molar-refractivity contribution is 0.185. The summed E-state index contributed by atoms with van der Waals surface area (Å²) in [6, 6.07) is 12.4.